The topological polar surface area (TPSA) is 109 Å². The number of thiazole rings is 1. The van der Waals surface area contributed by atoms with Crippen molar-refractivity contribution in [2.45, 2.75) is 51.8 Å². The van der Waals surface area contributed by atoms with Gasteiger partial charge in [0.2, 0.25) is 5.91 Å². The quantitative estimate of drug-likeness (QED) is 0.649. The van der Waals surface area contributed by atoms with E-state index < -0.39 is 29.6 Å². The molecule has 0 bridgehead atoms. The molecule has 9 heteroatoms. The van der Waals surface area contributed by atoms with Gasteiger partial charge in [-0.05, 0) is 39.2 Å². The van der Waals surface area contributed by atoms with Crippen LogP contribution in [0.4, 0.5) is 9.93 Å². The number of nitrogens with zero attached hydrogens (tertiary/aromatic N) is 2. The van der Waals surface area contributed by atoms with Gasteiger partial charge in [-0.25, -0.2) is 14.6 Å². The third kappa shape index (κ3) is 5.35. The van der Waals surface area contributed by atoms with Crippen LogP contribution in [0.2, 0.25) is 0 Å². The van der Waals surface area contributed by atoms with Gasteiger partial charge in [0.1, 0.15) is 11.6 Å². The number of aryl methyl sites for hydroxylation is 1. The van der Waals surface area contributed by atoms with E-state index in [1.165, 1.54) is 16.2 Å². The van der Waals surface area contributed by atoms with Crippen molar-refractivity contribution in [1.82, 2.24) is 9.88 Å². The number of aromatic nitrogens is 1. The van der Waals surface area contributed by atoms with Crippen LogP contribution in [0.25, 0.3) is 0 Å². The fourth-order valence-electron chi connectivity index (χ4n) is 3.33. The Morgan fingerprint density at radius 3 is 2.60 bits per heavy atom. The average molecular weight is 432 g/mol. The number of carboxylic acids is 1. The minimum atomic E-state index is -0.993. The van der Waals surface area contributed by atoms with Gasteiger partial charge in [-0.3, -0.25) is 10.1 Å². The molecule has 8 nitrogen and oxygen atoms in total. The van der Waals surface area contributed by atoms with E-state index in [0.717, 1.165) is 10.4 Å². The molecular formula is C21H25N3O5S. The van der Waals surface area contributed by atoms with Crippen LogP contribution in [-0.4, -0.2) is 44.6 Å². The van der Waals surface area contributed by atoms with Gasteiger partial charge >= 0.3 is 12.1 Å². The van der Waals surface area contributed by atoms with Crippen LogP contribution in [0.1, 0.15) is 37.6 Å². The fraction of sp³-hybridized carbons (Fsp3) is 0.429. The van der Waals surface area contributed by atoms with Crippen molar-refractivity contribution in [3.63, 3.8) is 0 Å². The zero-order valence-electron chi connectivity index (χ0n) is 17.1. The summed E-state index contributed by atoms with van der Waals surface area (Å²) in [7, 11) is 0. The van der Waals surface area contributed by atoms with Gasteiger partial charge in [0.25, 0.3) is 0 Å². The molecule has 2 amide bonds. The maximum Gasteiger partial charge on any atom is 0.413 e. The largest absolute Gasteiger partial charge is 0.480 e. The first kappa shape index (κ1) is 21.8. The lowest BCUT2D eigenvalue weighted by molar-refractivity contribution is -0.172. The molecular weight excluding hydrogens is 406 g/mol. The lowest BCUT2D eigenvalue weighted by Crippen LogP contribution is -2.63. The molecule has 2 atom stereocenters. The molecule has 1 fully saturated rings. The van der Waals surface area contributed by atoms with Crippen LogP contribution >= 0.6 is 11.3 Å². The molecule has 1 saturated heterocycles. The predicted molar refractivity (Wildman–Crippen MR) is 112 cm³/mol. The second kappa shape index (κ2) is 8.83. The van der Waals surface area contributed by atoms with Crippen LogP contribution in [0.15, 0.2) is 36.5 Å². The Kier molecular flexibility index (Phi) is 6.40. The Morgan fingerprint density at radius 2 is 1.97 bits per heavy atom. The first-order valence-electron chi connectivity index (χ1n) is 9.66. The summed E-state index contributed by atoms with van der Waals surface area (Å²) < 4.78 is 5.19. The summed E-state index contributed by atoms with van der Waals surface area (Å²) in [5.41, 5.74) is 0.294. The standard InChI is InChI=1S/C21H25N3O5S/c1-21(2,3)29-20(28)23-19-22-11-14(30-19)9-10-15-16(18(26)27)24(17(15)25)12-13-7-5-4-6-8-13/h4-8,11,15-16H,9-10,12H2,1-3H3,(H,26,27)(H,22,23,28)/t15-,16+/m1/s1. The van der Waals surface area contributed by atoms with Gasteiger partial charge in [0, 0.05) is 17.6 Å². The predicted octanol–water partition coefficient (Wildman–Crippen LogP) is 3.53. The molecule has 30 heavy (non-hydrogen) atoms. The molecule has 0 saturated carbocycles. The Hall–Kier alpha value is -2.94. The molecule has 3 rings (SSSR count). The molecule has 1 aromatic carbocycles. The van der Waals surface area contributed by atoms with E-state index in [4.69, 9.17) is 4.74 Å². The van der Waals surface area contributed by atoms with E-state index in [1.54, 1.807) is 27.0 Å². The van der Waals surface area contributed by atoms with E-state index in [2.05, 4.69) is 10.3 Å². The highest BCUT2D eigenvalue weighted by Crippen LogP contribution is 2.33. The number of hydrogen-bond acceptors (Lipinski definition) is 6. The van der Waals surface area contributed by atoms with Crippen molar-refractivity contribution < 1.29 is 24.2 Å². The average Bonchev–Trinajstić information content (AvgIpc) is 3.09. The summed E-state index contributed by atoms with van der Waals surface area (Å²) in [6.07, 6.45) is 1.96. The first-order valence-corrected chi connectivity index (χ1v) is 10.5. The highest BCUT2D eigenvalue weighted by molar-refractivity contribution is 7.15. The molecule has 0 aliphatic carbocycles. The third-order valence-corrected chi connectivity index (χ3v) is 5.60. The number of carbonyl (C=O) groups is 3. The Morgan fingerprint density at radius 1 is 1.27 bits per heavy atom. The second-order valence-electron chi connectivity index (χ2n) is 8.14. The van der Waals surface area contributed by atoms with Crippen molar-refractivity contribution in [1.29, 1.82) is 0 Å². The van der Waals surface area contributed by atoms with Crippen molar-refractivity contribution in [2.24, 2.45) is 5.92 Å². The maximum atomic E-state index is 12.6. The molecule has 1 aliphatic heterocycles. The molecule has 1 aromatic heterocycles. The van der Waals surface area contributed by atoms with Gasteiger partial charge in [-0.2, -0.15) is 0 Å². The molecule has 0 radical (unpaired) electrons. The summed E-state index contributed by atoms with van der Waals surface area (Å²) >= 11 is 1.28. The van der Waals surface area contributed by atoms with Gasteiger partial charge in [-0.15, -0.1) is 11.3 Å². The van der Waals surface area contributed by atoms with E-state index in [1.807, 2.05) is 30.3 Å². The zero-order chi connectivity index (χ0) is 21.9. The van der Waals surface area contributed by atoms with Gasteiger partial charge in [0.05, 0.1) is 5.92 Å². The van der Waals surface area contributed by atoms with Crippen molar-refractivity contribution in [3.8, 4) is 0 Å². The Bertz CT molecular complexity index is 922. The van der Waals surface area contributed by atoms with Gasteiger partial charge < -0.3 is 14.7 Å². The number of carbonyl (C=O) groups excluding carboxylic acids is 2. The van der Waals surface area contributed by atoms with E-state index >= 15 is 0 Å². The Balaban J connectivity index is 1.55. The molecule has 2 aromatic rings. The number of β-lactam (4-membered cyclic amide) rings is 1. The highest BCUT2D eigenvalue weighted by atomic mass is 32.1. The molecule has 2 heterocycles. The summed E-state index contributed by atoms with van der Waals surface area (Å²) in [4.78, 5) is 42.5. The van der Waals surface area contributed by atoms with E-state index in [9.17, 15) is 19.5 Å². The fourth-order valence-corrected chi connectivity index (χ4v) is 4.15. The first-order chi connectivity index (χ1) is 14.1. The van der Waals surface area contributed by atoms with Crippen molar-refractivity contribution in [2.75, 3.05) is 5.32 Å². The summed E-state index contributed by atoms with van der Waals surface area (Å²) in [5.74, 6) is -1.70. The third-order valence-electron chi connectivity index (χ3n) is 4.63. The van der Waals surface area contributed by atoms with Crippen LogP contribution in [0, 0.1) is 5.92 Å². The number of carboxylic acid groups (broad SMARTS) is 1. The molecule has 2 N–H and O–H groups in total. The van der Waals surface area contributed by atoms with E-state index in [-0.39, 0.29) is 12.5 Å². The number of ether oxygens (including phenoxy) is 1. The smallest absolute Gasteiger partial charge is 0.413 e. The lowest BCUT2D eigenvalue weighted by Gasteiger charge is -2.44. The number of anilines is 1. The van der Waals surface area contributed by atoms with Crippen LogP contribution in [-0.2, 0) is 27.3 Å². The number of rotatable bonds is 7. The monoisotopic (exact) mass is 431 g/mol. The number of nitrogens with one attached hydrogen (secondary N) is 1. The zero-order valence-corrected chi connectivity index (χ0v) is 17.9. The maximum absolute atomic E-state index is 12.6. The van der Waals surface area contributed by atoms with Crippen molar-refractivity contribution >= 4 is 34.4 Å². The molecule has 160 valence electrons. The summed E-state index contributed by atoms with van der Waals surface area (Å²) in [6, 6.07) is 8.51. The number of aliphatic carboxylic acids is 1. The minimum absolute atomic E-state index is 0.150. The highest BCUT2D eigenvalue weighted by Gasteiger charge is 2.50. The second-order valence-corrected chi connectivity index (χ2v) is 9.25. The number of benzene rings is 1. The van der Waals surface area contributed by atoms with Crippen molar-refractivity contribution in [3.05, 3.63) is 47.0 Å². The van der Waals surface area contributed by atoms with Crippen LogP contribution < -0.4 is 5.32 Å². The van der Waals surface area contributed by atoms with Crippen LogP contribution in [0.5, 0.6) is 0 Å². The lowest BCUT2D eigenvalue weighted by atomic mass is 9.83. The SMILES string of the molecule is CC(C)(C)OC(=O)Nc1ncc(CC[C@H]2C(=O)N(Cc3ccccc3)[C@@H]2C(=O)O)s1. The number of hydrogen-bond donors (Lipinski definition) is 2. The summed E-state index contributed by atoms with van der Waals surface area (Å²) in [5, 5.41) is 12.6. The summed E-state index contributed by atoms with van der Waals surface area (Å²) in [6.45, 7) is 5.61. The van der Waals surface area contributed by atoms with Crippen LogP contribution in [0.3, 0.4) is 0 Å². The number of likely N-dealkylation sites (tertiary alicyclic amines) is 1. The normalized spacial score (nSPS) is 18.6. The minimum Gasteiger partial charge on any atom is -0.480 e. The molecule has 1 aliphatic rings. The van der Waals surface area contributed by atoms with E-state index in [0.29, 0.717) is 18.0 Å². The molecule has 0 unspecified atom stereocenters. The molecule has 0 spiro atoms. The van der Waals surface area contributed by atoms with Gasteiger partial charge in [0.15, 0.2) is 5.13 Å². The Labute approximate surface area is 178 Å². The number of amides is 2. The van der Waals surface area contributed by atoms with Gasteiger partial charge in [-0.1, -0.05) is 30.3 Å².